The average molecular weight is 379 g/mol. The van der Waals surface area contributed by atoms with Crippen LogP contribution in [0.5, 0.6) is 0 Å². The summed E-state index contributed by atoms with van der Waals surface area (Å²) >= 11 is 3.21. The summed E-state index contributed by atoms with van der Waals surface area (Å²) in [6, 6.07) is 4.48. The summed E-state index contributed by atoms with van der Waals surface area (Å²) in [7, 11) is 0. The Morgan fingerprint density at radius 3 is 2.41 bits per heavy atom. The first-order chi connectivity index (χ1) is 10.2. The highest BCUT2D eigenvalue weighted by Crippen LogP contribution is 2.41. The number of ether oxygens (including phenoxy) is 1. The van der Waals surface area contributed by atoms with Crippen molar-refractivity contribution < 1.29 is 27.8 Å². The zero-order valence-electron chi connectivity index (χ0n) is 11.7. The molecule has 0 aromatic heterocycles. The van der Waals surface area contributed by atoms with Crippen molar-refractivity contribution in [3.63, 3.8) is 0 Å². The number of benzene rings is 1. The fourth-order valence-electron chi connectivity index (χ4n) is 2.43. The van der Waals surface area contributed by atoms with E-state index in [0.717, 1.165) is 12.1 Å². The molecule has 1 aliphatic rings. The van der Waals surface area contributed by atoms with E-state index in [-0.39, 0.29) is 12.3 Å². The van der Waals surface area contributed by atoms with E-state index in [1.54, 1.807) is 13.0 Å². The molecule has 0 fully saturated rings. The van der Waals surface area contributed by atoms with E-state index in [2.05, 4.69) is 15.9 Å². The van der Waals surface area contributed by atoms with Crippen molar-refractivity contribution in [3.8, 4) is 0 Å². The summed E-state index contributed by atoms with van der Waals surface area (Å²) in [4.78, 5) is 11.6. The van der Waals surface area contributed by atoms with Crippen molar-refractivity contribution in [2.75, 3.05) is 5.33 Å². The maximum absolute atomic E-state index is 12.6. The SMILES string of the molecule is CC1C=C(c2ccc(C(F)(F)F)cc2)OC1(CCBr)C(=O)O. The van der Waals surface area contributed by atoms with Gasteiger partial charge in [-0.15, -0.1) is 0 Å². The van der Waals surface area contributed by atoms with Crippen LogP contribution in [0.1, 0.15) is 24.5 Å². The molecular weight excluding hydrogens is 365 g/mol. The average Bonchev–Trinajstić information content (AvgIpc) is 2.77. The molecule has 22 heavy (non-hydrogen) atoms. The lowest BCUT2D eigenvalue weighted by Gasteiger charge is -2.28. The van der Waals surface area contributed by atoms with Crippen LogP contribution in [0.4, 0.5) is 13.2 Å². The van der Waals surface area contributed by atoms with Crippen LogP contribution < -0.4 is 0 Å². The number of hydrogen-bond acceptors (Lipinski definition) is 2. The molecule has 7 heteroatoms. The van der Waals surface area contributed by atoms with E-state index in [9.17, 15) is 23.1 Å². The van der Waals surface area contributed by atoms with Gasteiger partial charge < -0.3 is 9.84 Å². The van der Waals surface area contributed by atoms with E-state index in [1.165, 1.54) is 12.1 Å². The second kappa shape index (κ2) is 5.95. The molecule has 1 aromatic carbocycles. The molecular formula is C15H14BrF3O3. The number of halogens is 4. The van der Waals surface area contributed by atoms with Gasteiger partial charge in [0, 0.05) is 23.2 Å². The molecule has 0 aliphatic carbocycles. The number of alkyl halides is 4. The van der Waals surface area contributed by atoms with E-state index in [4.69, 9.17) is 4.74 Å². The number of carboxylic acids is 1. The maximum Gasteiger partial charge on any atom is 0.416 e. The summed E-state index contributed by atoms with van der Waals surface area (Å²) in [6.07, 6.45) is -2.51. The van der Waals surface area contributed by atoms with Crippen LogP contribution in [0.3, 0.4) is 0 Å². The zero-order valence-corrected chi connectivity index (χ0v) is 13.2. The topological polar surface area (TPSA) is 46.5 Å². The number of rotatable bonds is 4. The molecule has 120 valence electrons. The van der Waals surface area contributed by atoms with Crippen molar-refractivity contribution in [1.29, 1.82) is 0 Å². The van der Waals surface area contributed by atoms with Crippen LogP contribution >= 0.6 is 15.9 Å². The molecule has 2 rings (SSSR count). The summed E-state index contributed by atoms with van der Waals surface area (Å²) in [5.41, 5.74) is -1.72. The number of carbonyl (C=O) groups is 1. The highest BCUT2D eigenvalue weighted by molar-refractivity contribution is 9.09. The van der Waals surface area contributed by atoms with E-state index >= 15 is 0 Å². The van der Waals surface area contributed by atoms with Crippen molar-refractivity contribution in [2.24, 2.45) is 5.92 Å². The van der Waals surface area contributed by atoms with Gasteiger partial charge in [0.1, 0.15) is 5.76 Å². The summed E-state index contributed by atoms with van der Waals surface area (Å²) in [5, 5.41) is 9.90. The Labute approximate surface area is 133 Å². The molecule has 1 aromatic rings. The third-order valence-corrected chi connectivity index (χ3v) is 4.15. The monoisotopic (exact) mass is 378 g/mol. The Hall–Kier alpha value is -1.50. The molecule has 0 amide bonds. The van der Waals surface area contributed by atoms with E-state index in [1.807, 2.05) is 0 Å². The van der Waals surface area contributed by atoms with Gasteiger partial charge in [-0.25, -0.2) is 4.79 Å². The Morgan fingerprint density at radius 2 is 1.95 bits per heavy atom. The van der Waals surface area contributed by atoms with Crippen LogP contribution in [0.2, 0.25) is 0 Å². The minimum atomic E-state index is -4.41. The number of hydrogen-bond donors (Lipinski definition) is 1. The molecule has 0 saturated carbocycles. The van der Waals surface area contributed by atoms with Crippen LogP contribution in [0.15, 0.2) is 30.3 Å². The Bertz CT molecular complexity index is 595. The first-order valence-electron chi connectivity index (χ1n) is 6.58. The van der Waals surface area contributed by atoms with Crippen molar-refractivity contribution >= 4 is 27.7 Å². The molecule has 2 unspecified atom stereocenters. The lowest BCUT2D eigenvalue weighted by atomic mass is 9.87. The number of carboxylic acid groups (broad SMARTS) is 1. The Morgan fingerprint density at radius 1 is 1.36 bits per heavy atom. The second-order valence-electron chi connectivity index (χ2n) is 5.13. The summed E-state index contributed by atoms with van der Waals surface area (Å²) in [6.45, 7) is 1.72. The molecule has 1 aliphatic heterocycles. The van der Waals surface area contributed by atoms with Gasteiger partial charge in [0.2, 0.25) is 5.60 Å². The molecule has 0 radical (unpaired) electrons. The molecule has 0 saturated heterocycles. The highest BCUT2D eigenvalue weighted by atomic mass is 79.9. The molecule has 1 heterocycles. The van der Waals surface area contributed by atoms with Gasteiger partial charge in [-0.2, -0.15) is 13.2 Å². The molecule has 0 bridgehead atoms. The van der Waals surface area contributed by atoms with Crippen molar-refractivity contribution in [2.45, 2.75) is 25.1 Å². The largest absolute Gasteiger partial charge is 0.478 e. The maximum atomic E-state index is 12.6. The quantitative estimate of drug-likeness (QED) is 0.793. The van der Waals surface area contributed by atoms with Gasteiger partial charge in [0.05, 0.1) is 5.56 Å². The fourth-order valence-corrected chi connectivity index (χ4v) is 3.02. The van der Waals surface area contributed by atoms with Crippen LogP contribution in [-0.4, -0.2) is 22.0 Å². The normalized spacial score (nSPS) is 24.8. The van der Waals surface area contributed by atoms with E-state index < -0.39 is 23.3 Å². The van der Waals surface area contributed by atoms with Gasteiger partial charge in [-0.1, -0.05) is 35.0 Å². The molecule has 2 atom stereocenters. The van der Waals surface area contributed by atoms with Crippen LogP contribution in [0.25, 0.3) is 5.76 Å². The van der Waals surface area contributed by atoms with Gasteiger partial charge in [0.15, 0.2) is 0 Å². The first kappa shape index (κ1) is 16.9. The van der Waals surface area contributed by atoms with Gasteiger partial charge >= 0.3 is 12.1 Å². The van der Waals surface area contributed by atoms with Crippen LogP contribution in [-0.2, 0) is 15.7 Å². The molecule has 0 spiro atoms. The molecule has 1 N–H and O–H groups in total. The first-order valence-corrected chi connectivity index (χ1v) is 7.70. The minimum Gasteiger partial charge on any atom is -0.478 e. The lowest BCUT2D eigenvalue weighted by Crippen LogP contribution is -2.43. The summed E-state index contributed by atoms with van der Waals surface area (Å²) < 4.78 is 43.3. The van der Waals surface area contributed by atoms with Crippen molar-refractivity contribution in [3.05, 3.63) is 41.5 Å². The Kier molecular flexibility index (Phi) is 4.56. The van der Waals surface area contributed by atoms with E-state index in [0.29, 0.717) is 16.7 Å². The second-order valence-corrected chi connectivity index (χ2v) is 5.92. The van der Waals surface area contributed by atoms with Gasteiger partial charge in [-0.3, -0.25) is 0 Å². The predicted octanol–water partition coefficient (Wildman–Crippen LogP) is 4.32. The smallest absolute Gasteiger partial charge is 0.416 e. The van der Waals surface area contributed by atoms with Crippen molar-refractivity contribution in [1.82, 2.24) is 0 Å². The van der Waals surface area contributed by atoms with Gasteiger partial charge in [0.25, 0.3) is 0 Å². The van der Waals surface area contributed by atoms with Gasteiger partial charge in [-0.05, 0) is 18.2 Å². The summed E-state index contributed by atoms with van der Waals surface area (Å²) in [5.74, 6) is -1.18. The number of aliphatic carboxylic acids is 1. The predicted molar refractivity (Wildman–Crippen MR) is 78.4 cm³/mol. The lowest BCUT2D eigenvalue weighted by molar-refractivity contribution is -0.159. The minimum absolute atomic E-state index is 0.254. The zero-order chi connectivity index (χ0) is 16.5. The Balaban J connectivity index is 2.28. The van der Waals surface area contributed by atoms with Crippen LogP contribution in [0, 0.1) is 5.92 Å². The standard InChI is InChI=1S/C15H14BrF3O3/c1-9-8-12(22-14(9,6-7-16)13(20)21)10-2-4-11(5-3-10)15(17,18)19/h2-5,8-9H,6-7H2,1H3,(H,20,21). The third-order valence-electron chi connectivity index (χ3n) is 3.75. The third kappa shape index (κ3) is 2.99. The highest BCUT2D eigenvalue weighted by Gasteiger charge is 2.49. The molecule has 3 nitrogen and oxygen atoms in total. The fraction of sp³-hybridized carbons (Fsp3) is 0.400.